The van der Waals surface area contributed by atoms with Gasteiger partial charge >= 0.3 is 0 Å². The van der Waals surface area contributed by atoms with Gasteiger partial charge in [-0.05, 0) is 50.2 Å². The molecule has 0 spiro atoms. The zero-order chi connectivity index (χ0) is 23.5. The van der Waals surface area contributed by atoms with Crippen molar-refractivity contribution in [2.75, 3.05) is 17.2 Å². The first-order valence-corrected chi connectivity index (χ1v) is 10.8. The molecule has 2 aromatic heterocycles. The van der Waals surface area contributed by atoms with Crippen LogP contribution in [0.1, 0.15) is 32.8 Å². The summed E-state index contributed by atoms with van der Waals surface area (Å²) in [5.41, 5.74) is 0.543. The van der Waals surface area contributed by atoms with E-state index < -0.39 is 23.2 Å². The van der Waals surface area contributed by atoms with E-state index in [1.807, 2.05) is 6.92 Å². The molecule has 168 valence electrons. The molecule has 0 fully saturated rings. The minimum Gasteiger partial charge on any atom is -0.492 e. The smallest absolute Gasteiger partial charge is 0.274 e. The van der Waals surface area contributed by atoms with Crippen LogP contribution in [0.3, 0.4) is 0 Å². The summed E-state index contributed by atoms with van der Waals surface area (Å²) >= 11 is 0.910. The van der Waals surface area contributed by atoms with Gasteiger partial charge in [-0.15, -0.1) is 0 Å². The van der Waals surface area contributed by atoms with E-state index in [1.165, 1.54) is 30.3 Å². The average Bonchev–Trinajstić information content (AvgIpc) is 3.17. The second-order valence-electron chi connectivity index (χ2n) is 6.98. The van der Waals surface area contributed by atoms with Crippen LogP contribution in [0.15, 0.2) is 59.4 Å². The Morgan fingerprint density at radius 3 is 2.55 bits per heavy atom. The zero-order valence-corrected chi connectivity index (χ0v) is 18.5. The van der Waals surface area contributed by atoms with E-state index in [2.05, 4.69) is 15.6 Å². The molecule has 0 aliphatic carbocycles. The first-order chi connectivity index (χ1) is 15.9. The Bertz CT molecular complexity index is 1410. The number of aryl methyl sites for hydroxylation is 1. The molecule has 0 bridgehead atoms. The van der Waals surface area contributed by atoms with Crippen LogP contribution in [-0.2, 0) is 0 Å². The highest BCUT2D eigenvalue weighted by Gasteiger charge is 2.27. The van der Waals surface area contributed by atoms with E-state index in [1.54, 1.807) is 31.2 Å². The summed E-state index contributed by atoms with van der Waals surface area (Å²) in [6.07, 6.45) is 0. The Hall–Kier alpha value is -4.05. The lowest BCUT2D eigenvalue weighted by Crippen LogP contribution is -2.25. The number of rotatable bonds is 6. The molecule has 10 heteroatoms. The molecule has 4 aromatic rings. The number of fused-ring (bicyclic) bond motifs is 1. The number of amides is 2. The number of para-hydroxylation sites is 2. The molecule has 2 aromatic carbocycles. The standard InChI is InChI=1S/C23H19FN4O4S/c1-3-32-17-7-5-4-6-16(17)27-21(30)19-20(22(31)26-15-10-8-14(24)9-11-15)33-23-25-13(2)12-18(29)28(19)23/h4-12H,3H2,1-2H3,(H,26,31)(H,27,30). The monoisotopic (exact) mass is 466 g/mol. The van der Waals surface area contributed by atoms with Gasteiger partial charge in [-0.2, -0.15) is 0 Å². The number of halogens is 1. The predicted molar refractivity (Wildman–Crippen MR) is 124 cm³/mol. The molecular weight excluding hydrogens is 447 g/mol. The van der Waals surface area contributed by atoms with Crippen molar-refractivity contribution in [1.29, 1.82) is 0 Å². The third-order valence-electron chi connectivity index (χ3n) is 4.61. The quantitative estimate of drug-likeness (QED) is 0.445. The molecule has 2 N–H and O–H groups in total. The Morgan fingerprint density at radius 1 is 1.09 bits per heavy atom. The maximum Gasteiger partial charge on any atom is 0.274 e. The molecule has 0 aliphatic heterocycles. The molecule has 2 heterocycles. The van der Waals surface area contributed by atoms with Gasteiger partial charge in [0.2, 0.25) is 0 Å². The summed E-state index contributed by atoms with van der Waals surface area (Å²) in [6.45, 7) is 3.86. The van der Waals surface area contributed by atoms with Crippen LogP contribution in [0.25, 0.3) is 4.96 Å². The molecule has 33 heavy (non-hydrogen) atoms. The molecule has 2 amide bonds. The molecule has 0 unspecified atom stereocenters. The maximum atomic E-state index is 13.3. The Balaban J connectivity index is 1.78. The lowest BCUT2D eigenvalue weighted by molar-refractivity contribution is 0.0989. The van der Waals surface area contributed by atoms with Crippen LogP contribution in [0.4, 0.5) is 15.8 Å². The lowest BCUT2D eigenvalue weighted by Gasteiger charge is -2.12. The van der Waals surface area contributed by atoms with E-state index in [0.717, 1.165) is 15.7 Å². The fraction of sp³-hybridized carbons (Fsp3) is 0.130. The number of carbonyl (C=O) groups excluding carboxylic acids is 2. The van der Waals surface area contributed by atoms with E-state index in [0.29, 0.717) is 29.4 Å². The molecule has 0 aliphatic rings. The van der Waals surface area contributed by atoms with E-state index in [4.69, 9.17) is 4.74 Å². The normalized spacial score (nSPS) is 10.8. The van der Waals surface area contributed by atoms with Crippen LogP contribution in [0, 0.1) is 12.7 Å². The number of ether oxygens (including phenoxy) is 1. The second-order valence-corrected chi connectivity index (χ2v) is 7.96. The molecular formula is C23H19FN4O4S. The fourth-order valence-electron chi connectivity index (χ4n) is 3.20. The number of aromatic nitrogens is 2. The predicted octanol–water partition coefficient (Wildman–Crippen LogP) is 4.11. The third kappa shape index (κ3) is 4.60. The van der Waals surface area contributed by atoms with Crippen LogP contribution in [0.5, 0.6) is 5.75 Å². The Kier molecular flexibility index (Phi) is 6.18. The van der Waals surface area contributed by atoms with Gasteiger partial charge in [0.05, 0.1) is 12.3 Å². The van der Waals surface area contributed by atoms with Crippen molar-refractivity contribution in [3.63, 3.8) is 0 Å². The molecule has 0 saturated carbocycles. The minimum atomic E-state index is -0.676. The topological polar surface area (TPSA) is 102 Å². The first kappa shape index (κ1) is 22.2. The van der Waals surface area contributed by atoms with Gasteiger partial charge in [-0.25, -0.2) is 13.8 Å². The molecule has 0 saturated heterocycles. The van der Waals surface area contributed by atoms with Crippen molar-refractivity contribution >= 4 is 39.5 Å². The van der Waals surface area contributed by atoms with Crippen LogP contribution in [-0.4, -0.2) is 27.8 Å². The molecule has 8 nitrogen and oxygen atoms in total. The molecule has 4 rings (SSSR count). The van der Waals surface area contributed by atoms with E-state index in [9.17, 15) is 18.8 Å². The maximum absolute atomic E-state index is 13.3. The van der Waals surface area contributed by atoms with Gasteiger partial charge in [0, 0.05) is 17.4 Å². The highest BCUT2D eigenvalue weighted by Crippen LogP contribution is 2.27. The number of benzene rings is 2. The summed E-state index contributed by atoms with van der Waals surface area (Å²) in [6, 6.07) is 13.3. The number of hydrogen-bond acceptors (Lipinski definition) is 6. The van der Waals surface area contributed by atoms with Gasteiger partial charge < -0.3 is 15.4 Å². The van der Waals surface area contributed by atoms with Crippen molar-refractivity contribution < 1.29 is 18.7 Å². The van der Waals surface area contributed by atoms with Crippen molar-refractivity contribution in [2.24, 2.45) is 0 Å². The van der Waals surface area contributed by atoms with Gasteiger partial charge in [0.15, 0.2) is 4.96 Å². The summed E-state index contributed by atoms with van der Waals surface area (Å²) in [5.74, 6) is -1.30. The molecule has 0 atom stereocenters. The summed E-state index contributed by atoms with van der Waals surface area (Å²) in [5, 5.41) is 5.35. The van der Waals surface area contributed by atoms with Gasteiger partial charge in [-0.1, -0.05) is 23.5 Å². The van der Waals surface area contributed by atoms with Gasteiger partial charge in [-0.3, -0.25) is 14.4 Å². The summed E-state index contributed by atoms with van der Waals surface area (Å²) < 4.78 is 19.9. The average molecular weight is 466 g/mol. The lowest BCUT2D eigenvalue weighted by atomic mass is 10.2. The number of carbonyl (C=O) groups is 2. The number of hydrogen-bond donors (Lipinski definition) is 2. The Labute approximate surface area is 191 Å². The number of anilines is 2. The van der Waals surface area contributed by atoms with Crippen molar-refractivity contribution in [1.82, 2.24) is 9.38 Å². The Morgan fingerprint density at radius 2 is 1.82 bits per heavy atom. The zero-order valence-electron chi connectivity index (χ0n) is 17.7. The highest BCUT2D eigenvalue weighted by atomic mass is 32.1. The SMILES string of the molecule is CCOc1ccccc1NC(=O)c1c(C(=O)Nc2ccc(F)cc2)sc2nc(C)cc(=O)n12. The molecule has 0 radical (unpaired) electrons. The van der Waals surface area contributed by atoms with Crippen LogP contribution >= 0.6 is 11.3 Å². The first-order valence-electron chi connectivity index (χ1n) is 10.0. The third-order valence-corrected chi connectivity index (χ3v) is 5.65. The largest absolute Gasteiger partial charge is 0.492 e. The fourth-order valence-corrected chi connectivity index (χ4v) is 4.27. The highest BCUT2D eigenvalue weighted by molar-refractivity contribution is 7.19. The number of nitrogens with zero attached hydrogens (tertiary/aromatic N) is 2. The minimum absolute atomic E-state index is 0.0130. The van der Waals surface area contributed by atoms with Crippen molar-refractivity contribution in [3.8, 4) is 5.75 Å². The van der Waals surface area contributed by atoms with Crippen molar-refractivity contribution in [2.45, 2.75) is 13.8 Å². The number of thiazole rings is 1. The summed E-state index contributed by atoms with van der Waals surface area (Å²) in [4.78, 5) is 43.6. The van der Waals surface area contributed by atoms with Gasteiger partial charge in [0.1, 0.15) is 22.1 Å². The van der Waals surface area contributed by atoms with Crippen LogP contribution in [0.2, 0.25) is 0 Å². The number of nitrogens with one attached hydrogen (secondary N) is 2. The summed E-state index contributed by atoms with van der Waals surface area (Å²) in [7, 11) is 0. The second kappa shape index (κ2) is 9.21. The van der Waals surface area contributed by atoms with Crippen LogP contribution < -0.4 is 20.9 Å². The van der Waals surface area contributed by atoms with E-state index in [-0.39, 0.29) is 15.5 Å². The van der Waals surface area contributed by atoms with Gasteiger partial charge in [0.25, 0.3) is 17.4 Å². The van der Waals surface area contributed by atoms with Crippen molar-refractivity contribution in [3.05, 3.63) is 87.0 Å². The van der Waals surface area contributed by atoms with E-state index >= 15 is 0 Å².